The van der Waals surface area contributed by atoms with Crippen molar-refractivity contribution in [1.82, 2.24) is 4.90 Å². The van der Waals surface area contributed by atoms with Crippen LogP contribution in [0.25, 0.3) is 6.08 Å². The van der Waals surface area contributed by atoms with E-state index in [1.54, 1.807) is 18.2 Å². The highest BCUT2D eigenvalue weighted by atomic mass is 35.5. The Labute approximate surface area is 142 Å². The topological polar surface area (TPSA) is 46.6 Å². The van der Waals surface area contributed by atoms with Crippen LogP contribution in [-0.4, -0.2) is 36.0 Å². The van der Waals surface area contributed by atoms with Gasteiger partial charge in [-0.1, -0.05) is 36.7 Å². The summed E-state index contributed by atoms with van der Waals surface area (Å²) in [5, 5.41) is 0.562. The number of hydrogen-bond acceptors (Lipinski definition) is 3. The van der Waals surface area contributed by atoms with Gasteiger partial charge >= 0.3 is 5.97 Å². The van der Waals surface area contributed by atoms with Crippen LogP contribution in [0.4, 0.5) is 0 Å². The van der Waals surface area contributed by atoms with E-state index in [0.717, 1.165) is 37.8 Å². The average molecular weight is 336 g/mol. The summed E-state index contributed by atoms with van der Waals surface area (Å²) in [4.78, 5) is 25.8. The molecule has 1 aromatic rings. The van der Waals surface area contributed by atoms with Crippen LogP contribution in [0.3, 0.4) is 0 Å². The Hall–Kier alpha value is -1.81. The zero-order valence-corrected chi connectivity index (χ0v) is 14.1. The van der Waals surface area contributed by atoms with Crippen molar-refractivity contribution in [3.05, 3.63) is 40.9 Å². The van der Waals surface area contributed by atoms with Crippen molar-refractivity contribution < 1.29 is 14.3 Å². The average Bonchev–Trinajstić information content (AvgIpc) is 2.58. The van der Waals surface area contributed by atoms with Crippen molar-refractivity contribution in [2.75, 3.05) is 13.2 Å². The standard InChI is InChI=1S/C18H22ClNO3/c1-2-15-8-5-6-12-20(15)17(21)13-23-18(22)11-10-14-7-3-4-9-16(14)19/h3-4,7,9-11,15H,2,5-6,8,12-13H2,1H3. The molecule has 0 radical (unpaired) electrons. The molecule has 1 aliphatic rings. The molecule has 1 atom stereocenters. The number of piperidine rings is 1. The maximum Gasteiger partial charge on any atom is 0.331 e. The molecular formula is C18H22ClNO3. The van der Waals surface area contributed by atoms with Gasteiger partial charge in [-0.25, -0.2) is 4.79 Å². The molecule has 0 N–H and O–H groups in total. The molecule has 5 heteroatoms. The first kappa shape index (κ1) is 17.5. The first-order valence-electron chi connectivity index (χ1n) is 8.00. The predicted octanol–water partition coefficient (Wildman–Crippen LogP) is 3.69. The summed E-state index contributed by atoms with van der Waals surface area (Å²) >= 11 is 6.00. The third kappa shape index (κ3) is 5.10. The molecule has 1 fully saturated rings. The van der Waals surface area contributed by atoms with Crippen LogP contribution in [0.15, 0.2) is 30.3 Å². The summed E-state index contributed by atoms with van der Waals surface area (Å²) < 4.78 is 5.05. The third-order valence-corrected chi connectivity index (χ3v) is 4.41. The molecule has 1 aromatic carbocycles. The zero-order valence-electron chi connectivity index (χ0n) is 13.3. The summed E-state index contributed by atoms with van der Waals surface area (Å²) in [5.41, 5.74) is 0.736. The fourth-order valence-corrected chi connectivity index (χ4v) is 2.98. The normalized spacial score (nSPS) is 18.2. The van der Waals surface area contributed by atoms with Gasteiger partial charge in [-0.15, -0.1) is 0 Å². The van der Waals surface area contributed by atoms with Gasteiger partial charge in [0, 0.05) is 23.7 Å². The number of likely N-dealkylation sites (tertiary alicyclic amines) is 1. The molecule has 2 rings (SSSR count). The van der Waals surface area contributed by atoms with Crippen molar-refractivity contribution in [2.24, 2.45) is 0 Å². The SMILES string of the molecule is CCC1CCCCN1C(=O)COC(=O)C=Cc1ccccc1Cl. The van der Waals surface area contributed by atoms with Crippen molar-refractivity contribution >= 4 is 29.6 Å². The number of ether oxygens (including phenoxy) is 1. The minimum Gasteiger partial charge on any atom is -0.452 e. The lowest BCUT2D eigenvalue weighted by Gasteiger charge is -2.35. The minimum atomic E-state index is -0.539. The highest BCUT2D eigenvalue weighted by Crippen LogP contribution is 2.19. The van der Waals surface area contributed by atoms with Crippen LogP contribution in [0, 0.1) is 0 Å². The van der Waals surface area contributed by atoms with Gasteiger partial charge in [-0.2, -0.15) is 0 Å². The van der Waals surface area contributed by atoms with Gasteiger partial charge in [0.2, 0.25) is 0 Å². The number of amides is 1. The molecule has 23 heavy (non-hydrogen) atoms. The summed E-state index contributed by atoms with van der Waals surface area (Å²) in [5.74, 6) is -0.653. The monoisotopic (exact) mass is 335 g/mol. The van der Waals surface area contributed by atoms with Crippen molar-refractivity contribution in [3.63, 3.8) is 0 Å². The van der Waals surface area contributed by atoms with Crippen LogP contribution in [-0.2, 0) is 14.3 Å². The number of carbonyl (C=O) groups excluding carboxylic acids is 2. The quantitative estimate of drug-likeness (QED) is 0.609. The molecule has 1 heterocycles. The van der Waals surface area contributed by atoms with E-state index in [-0.39, 0.29) is 18.6 Å². The molecule has 1 amide bonds. The highest BCUT2D eigenvalue weighted by molar-refractivity contribution is 6.32. The number of benzene rings is 1. The summed E-state index contributed by atoms with van der Waals surface area (Å²) in [6, 6.07) is 7.48. The summed E-state index contributed by atoms with van der Waals surface area (Å²) in [6.07, 6.45) is 7.02. The number of carbonyl (C=O) groups is 2. The van der Waals surface area contributed by atoms with Crippen LogP contribution >= 0.6 is 11.6 Å². The number of hydrogen-bond donors (Lipinski definition) is 0. The van der Waals surface area contributed by atoms with Gasteiger partial charge in [0.25, 0.3) is 5.91 Å². The van der Waals surface area contributed by atoms with Crippen molar-refractivity contribution in [1.29, 1.82) is 0 Å². The fourth-order valence-electron chi connectivity index (χ4n) is 2.79. The fraction of sp³-hybridized carbons (Fsp3) is 0.444. The van der Waals surface area contributed by atoms with E-state index in [0.29, 0.717) is 5.02 Å². The second-order valence-corrected chi connectivity index (χ2v) is 6.01. The summed E-state index contributed by atoms with van der Waals surface area (Å²) in [6.45, 7) is 2.63. The van der Waals surface area contributed by atoms with Gasteiger partial charge in [-0.3, -0.25) is 4.79 Å². The van der Waals surface area contributed by atoms with E-state index in [4.69, 9.17) is 16.3 Å². The lowest BCUT2D eigenvalue weighted by atomic mass is 10.00. The minimum absolute atomic E-state index is 0.115. The van der Waals surface area contributed by atoms with Gasteiger partial charge in [-0.05, 0) is 43.4 Å². The molecular weight excluding hydrogens is 314 g/mol. The van der Waals surface area contributed by atoms with E-state index in [2.05, 4.69) is 6.92 Å². The van der Waals surface area contributed by atoms with E-state index in [1.807, 2.05) is 17.0 Å². The number of rotatable bonds is 5. The molecule has 1 unspecified atom stereocenters. The van der Waals surface area contributed by atoms with Crippen molar-refractivity contribution in [2.45, 2.75) is 38.6 Å². The lowest BCUT2D eigenvalue weighted by Crippen LogP contribution is -2.45. The van der Waals surface area contributed by atoms with Crippen LogP contribution in [0.5, 0.6) is 0 Å². The van der Waals surface area contributed by atoms with Crippen molar-refractivity contribution in [3.8, 4) is 0 Å². The van der Waals surface area contributed by atoms with E-state index in [1.165, 1.54) is 6.08 Å². The molecule has 1 saturated heterocycles. The lowest BCUT2D eigenvalue weighted by molar-refractivity contribution is -0.150. The first-order valence-corrected chi connectivity index (χ1v) is 8.38. The summed E-state index contributed by atoms with van der Waals surface area (Å²) in [7, 11) is 0. The largest absolute Gasteiger partial charge is 0.452 e. The van der Waals surface area contributed by atoms with Crippen LogP contribution < -0.4 is 0 Å². The second kappa shape index (κ2) is 8.73. The number of halogens is 1. The third-order valence-electron chi connectivity index (χ3n) is 4.06. The smallest absolute Gasteiger partial charge is 0.331 e. The van der Waals surface area contributed by atoms with Gasteiger partial charge in [0.15, 0.2) is 6.61 Å². The van der Waals surface area contributed by atoms with E-state index in [9.17, 15) is 9.59 Å². The molecule has 1 aliphatic heterocycles. The van der Waals surface area contributed by atoms with Crippen LogP contribution in [0.1, 0.15) is 38.2 Å². The molecule has 0 aliphatic carbocycles. The number of esters is 1. The van der Waals surface area contributed by atoms with E-state index >= 15 is 0 Å². The first-order chi connectivity index (χ1) is 11.1. The van der Waals surface area contributed by atoms with Crippen LogP contribution in [0.2, 0.25) is 5.02 Å². The van der Waals surface area contributed by atoms with Gasteiger partial charge < -0.3 is 9.64 Å². The molecule has 0 aromatic heterocycles. The Morgan fingerprint density at radius 3 is 2.87 bits per heavy atom. The van der Waals surface area contributed by atoms with Gasteiger partial charge in [0.05, 0.1) is 0 Å². The maximum atomic E-state index is 12.2. The Morgan fingerprint density at radius 2 is 2.13 bits per heavy atom. The Balaban J connectivity index is 1.84. The number of nitrogens with zero attached hydrogens (tertiary/aromatic N) is 1. The maximum absolute atomic E-state index is 12.2. The second-order valence-electron chi connectivity index (χ2n) is 5.61. The Kier molecular flexibility index (Phi) is 6.66. The van der Waals surface area contributed by atoms with E-state index < -0.39 is 5.97 Å². The van der Waals surface area contributed by atoms with Gasteiger partial charge in [0.1, 0.15) is 0 Å². The molecule has 124 valence electrons. The molecule has 0 spiro atoms. The predicted molar refractivity (Wildman–Crippen MR) is 91.1 cm³/mol. The Bertz CT molecular complexity index is 585. The molecule has 4 nitrogen and oxygen atoms in total. The molecule has 0 saturated carbocycles. The molecule has 0 bridgehead atoms. The Morgan fingerprint density at radius 1 is 1.35 bits per heavy atom. The highest BCUT2D eigenvalue weighted by Gasteiger charge is 2.25. The zero-order chi connectivity index (χ0) is 16.7.